The van der Waals surface area contributed by atoms with Crippen LogP contribution in [0.5, 0.6) is 5.06 Å². The smallest absolute Gasteiger partial charge is 0.399 e. The molecule has 43 heavy (non-hydrogen) atoms. The van der Waals surface area contributed by atoms with Crippen molar-refractivity contribution < 1.29 is 14.3 Å². The number of H-pyrrole nitrogens is 1. The second kappa shape index (κ2) is 12.0. The van der Waals surface area contributed by atoms with Crippen molar-refractivity contribution in [2.45, 2.75) is 38.6 Å². The van der Waals surface area contributed by atoms with Crippen molar-refractivity contribution in [3.63, 3.8) is 0 Å². The number of nitrogens with one attached hydrogen (secondary N) is 3. The molecule has 1 aliphatic carbocycles. The lowest BCUT2D eigenvalue weighted by atomic mass is 10.00. The van der Waals surface area contributed by atoms with Crippen LogP contribution in [0.2, 0.25) is 0 Å². The van der Waals surface area contributed by atoms with Crippen molar-refractivity contribution >= 4 is 40.5 Å². The predicted octanol–water partition coefficient (Wildman–Crippen LogP) is 5.49. The maximum absolute atomic E-state index is 12.8. The van der Waals surface area contributed by atoms with E-state index >= 15 is 0 Å². The average molecular weight is 599 g/mol. The van der Waals surface area contributed by atoms with Gasteiger partial charge in [-0.2, -0.15) is 0 Å². The lowest BCUT2D eigenvalue weighted by Gasteiger charge is -2.37. The van der Waals surface area contributed by atoms with Crippen LogP contribution in [0, 0.1) is 6.92 Å². The number of carbonyl (C=O) groups is 2. The molecule has 1 atom stereocenters. The number of carbonyl (C=O) groups excluding carboxylic acids is 2. The number of piperazine rings is 1. The molecule has 2 amide bonds. The van der Waals surface area contributed by atoms with E-state index in [1.54, 1.807) is 17.2 Å². The molecule has 3 N–H and O–H groups in total. The highest BCUT2D eigenvalue weighted by molar-refractivity contribution is 7.14. The Morgan fingerprint density at radius 3 is 2.65 bits per heavy atom. The number of benzene rings is 2. The molecule has 3 heterocycles. The van der Waals surface area contributed by atoms with E-state index in [0.29, 0.717) is 28.7 Å². The van der Waals surface area contributed by atoms with Crippen LogP contribution < -0.4 is 20.9 Å². The van der Waals surface area contributed by atoms with Gasteiger partial charge in [-0.15, -0.1) is 11.3 Å². The minimum Gasteiger partial charge on any atom is -0.399 e. The lowest BCUT2D eigenvalue weighted by Crippen LogP contribution is -2.48. The molecule has 1 fully saturated rings. The minimum absolute atomic E-state index is 0.0610. The zero-order valence-electron chi connectivity index (χ0n) is 24.4. The molecule has 10 nitrogen and oxygen atoms in total. The molecule has 0 bridgehead atoms. The van der Waals surface area contributed by atoms with Gasteiger partial charge in [0.25, 0.3) is 5.56 Å². The number of aromatic nitrogens is 2. The molecular weight excluding hydrogens is 564 g/mol. The Hall–Kier alpha value is -4.48. The standard InChI is InChI=1S/C32H34N6O4S/c1-19-23(8-6-9-24(19)36-32(41)42-27-17-21-7-4-5-10-26(21)43-27)25-18-33-30(39)29(35-25)34-22-13-11-20(12-14-22)28-31(40)38(3)16-15-37(28)2/h6,8-9,11-14,17-18,28H,4-5,7,10,15-16H2,1-3H3,(H,33,39)(H,34,35)(H,36,41). The number of thiophene rings is 1. The van der Waals surface area contributed by atoms with Crippen LogP contribution in [0.25, 0.3) is 11.3 Å². The second-order valence-corrected chi connectivity index (χ2v) is 12.2. The van der Waals surface area contributed by atoms with Gasteiger partial charge in [-0.3, -0.25) is 19.8 Å². The van der Waals surface area contributed by atoms with Gasteiger partial charge in [0.2, 0.25) is 5.91 Å². The van der Waals surface area contributed by atoms with Crippen molar-refractivity contribution in [3.8, 4) is 16.3 Å². The van der Waals surface area contributed by atoms with Crippen LogP contribution in [0.1, 0.15) is 40.5 Å². The Morgan fingerprint density at radius 1 is 1.07 bits per heavy atom. The van der Waals surface area contributed by atoms with Crippen LogP contribution in [0.15, 0.2) is 59.5 Å². The van der Waals surface area contributed by atoms with Crippen LogP contribution in [-0.4, -0.2) is 59.0 Å². The zero-order valence-corrected chi connectivity index (χ0v) is 25.2. The summed E-state index contributed by atoms with van der Waals surface area (Å²) in [6.45, 7) is 3.39. The Morgan fingerprint density at radius 2 is 1.86 bits per heavy atom. The van der Waals surface area contributed by atoms with E-state index < -0.39 is 6.09 Å². The van der Waals surface area contributed by atoms with Crippen LogP contribution in [0.4, 0.5) is 22.0 Å². The summed E-state index contributed by atoms with van der Waals surface area (Å²) in [4.78, 5) is 50.6. The summed E-state index contributed by atoms with van der Waals surface area (Å²) in [5.74, 6) is 0.195. The minimum atomic E-state index is -0.549. The second-order valence-electron chi connectivity index (χ2n) is 11.1. The van der Waals surface area contributed by atoms with Gasteiger partial charge >= 0.3 is 6.09 Å². The summed E-state index contributed by atoms with van der Waals surface area (Å²) < 4.78 is 5.61. The van der Waals surface area contributed by atoms with Crippen molar-refractivity contribution in [3.05, 3.63) is 86.6 Å². The molecular formula is C32H34N6O4S. The molecule has 6 rings (SSSR count). The fourth-order valence-electron chi connectivity index (χ4n) is 5.64. The third-order valence-electron chi connectivity index (χ3n) is 8.13. The molecule has 1 aliphatic heterocycles. The van der Waals surface area contributed by atoms with Gasteiger partial charge in [-0.25, -0.2) is 9.78 Å². The van der Waals surface area contributed by atoms with Gasteiger partial charge in [0, 0.05) is 48.1 Å². The maximum atomic E-state index is 12.8. The van der Waals surface area contributed by atoms with Gasteiger partial charge in [-0.05, 0) is 80.6 Å². The molecule has 1 unspecified atom stereocenters. The van der Waals surface area contributed by atoms with Crippen LogP contribution >= 0.6 is 11.3 Å². The van der Waals surface area contributed by atoms with Crippen molar-refractivity contribution in [1.82, 2.24) is 19.8 Å². The molecule has 2 aliphatic rings. The first-order valence-electron chi connectivity index (χ1n) is 14.4. The van der Waals surface area contributed by atoms with Gasteiger partial charge in [-0.1, -0.05) is 24.3 Å². The van der Waals surface area contributed by atoms with Crippen molar-refractivity contribution in [1.29, 1.82) is 0 Å². The molecule has 0 saturated carbocycles. The first-order valence-corrected chi connectivity index (χ1v) is 15.2. The van der Waals surface area contributed by atoms with E-state index in [2.05, 4.69) is 20.6 Å². The Bertz CT molecular complexity index is 1710. The van der Waals surface area contributed by atoms with Crippen LogP contribution in [-0.2, 0) is 17.6 Å². The summed E-state index contributed by atoms with van der Waals surface area (Å²) in [6.07, 6.45) is 5.42. The van der Waals surface area contributed by atoms with Gasteiger partial charge < -0.3 is 19.9 Å². The molecule has 0 spiro atoms. The lowest BCUT2D eigenvalue weighted by molar-refractivity contribution is -0.139. The summed E-state index contributed by atoms with van der Waals surface area (Å²) in [6, 6.07) is 14.6. The third kappa shape index (κ3) is 6.04. The normalized spacial score (nSPS) is 17.0. The fourth-order valence-corrected chi connectivity index (χ4v) is 6.74. The zero-order chi connectivity index (χ0) is 30.1. The van der Waals surface area contributed by atoms with E-state index in [1.807, 2.05) is 68.4 Å². The van der Waals surface area contributed by atoms with E-state index in [1.165, 1.54) is 34.6 Å². The first kappa shape index (κ1) is 28.6. The number of fused-ring (bicyclic) bond motifs is 1. The monoisotopic (exact) mass is 598 g/mol. The molecule has 1 saturated heterocycles. The number of hydrogen-bond donors (Lipinski definition) is 3. The molecule has 4 aromatic rings. The Labute approximate surface area is 253 Å². The average Bonchev–Trinajstić information content (AvgIpc) is 3.40. The van der Waals surface area contributed by atoms with Crippen molar-refractivity contribution in [2.75, 3.05) is 37.8 Å². The van der Waals surface area contributed by atoms with Gasteiger partial charge in [0.1, 0.15) is 6.04 Å². The SMILES string of the molecule is Cc1c(NC(=O)Oc2cc3c(s2)CCCC3)cccc1-c1c[nH]c(=O)c(Nc2ccc(C3C(=O)N(C)CCN3C)cc2)n1. The largest absolute Gasteiger partial charge is 0.417 e. The first-order chi connectivity index (χ1) is 20.8. The molecule has 222 valence electrons. The third-order valence-corrected chi connectivity index (χ3v) is 9.24. The quantitative estimate of drug-likeness (QED) is 0.269. The van der Waals surface area contributed by atoms with Crippen LogP contribution in [0.3, 0.4) is 0 Å². The van der Waals surface area contributed by atoms with Gasteiger partial charge in [0.05, 0.1) is 5.69 Å². The number of amides is 2. The number of likely N-dealkylation sites (N-methyl/N-ethyl adjacent to an activating group) is 2. The predicted molar refractivity (Wildman–Crippen MR) is 168 cm³/mol. The molecule has 2 aromatic heterocycles. The summed E-state index contributed by atoms with van der Waals surface area (Å²) >= 11 is 1.54. The summed E-state index contributed by atoms with van der Waals surface area (Å²) in [7, 11) is 3.76. The number of ether oxygens (including phenoxy) is 1. The number of aryl methyl sites for hydroxylation is 2. The van der Waals surface area contributed by atoms with E-state index in [4.69, 9.17) is 4.74 Å². The maximum Gasteiger partial charge on any atom is 0.417 e. The Kier molecular flexibility index (Phi) is 8.00. The fraction of sp³-hybridized carbons (Fsp3) is 0.312. The highest BCUT2D eigenvalue weighted by Crippen LogP contribution is 2.35. The number of nitrogens with zero attached hydrogens (tertiary/aromatic N) is 3. The highest BCUT2D eigenvalue weighted by atomic mass is 32.1. The van der Waals surface area contributed by atoms with E-state index in [9.17, 15) is 14.4 Å². The molecule has 11 heteroatoms. The van der Waals surface area contributed by atoms with E-state index in [-0.39, 0.29) is 23.3 Å². The summed E-state index contributed by atoms with van der Waals surface area (Å²) in [5.41, 5.74) is 5.13. The highest BCUT2D eigenvalue weighted by Gasteiger charge is 2.31. The van der Waals surface area contributed by atoms with Crippen molar-refractivity contribution in [2.24, 2.45) is 0 Å². The topological polar surface area (TPSA) is 120 Å². The van der Waals surface area contributed by atoms with Gasteiger partial charge in [0.15, 0.2) is 10.9 Å². The number of aromatic amines is 1. The number of rotatable bonds is 6. The molecule has 0 radical (unpaired) electrons. The van der Waals surface area contributed by atoms with E-state index in [0.717, 1.165) is 36.1 Å². The number of hydrogen-bond acceptors (Lipinski definition) is 8. The Balaban J connectivity index is 1.17. The number of anilines is 3. The summed E-state index contributed by atoms with van der Waals surface area (Å²) in [5, 5.41) is 6.57. The molecule has 2 aromatic carbocycles.